The molecule has 0 aromatic rings. The highest BCUT2D eigenvalue weighted by molar-refractivity contribution is 5.77. The standard InChI is InChI=1S/C9H14F2O2/c1-2-3-4-5-6-7-9(10,11)8(12)13/h6-7H,2-5H2,1H3,(H,12,13)/b7-6+. The summed E-state index contributed by atoms with van der Waals surface area (Å²) in [6.07, 6.45) is 5.00. The maximum atomic E-state index is 12.4. The highest BCUT2D eigenvalue weighted by Gasteiger charge is 2.34. The van der Waals surface area contributed by atoms with Crippen LogP contribution in [0.5, 0.6) is 0 Å². The molecular formula is C9H14F2O2. The molecule has 0 unspecified atom stereocenters. The third-order valence-corrected chi connectivity index (χ3v) is 1.59. The van der Waals surface area contributed by atoms with Gasteiger partial charge in [-0.05, 0) is 18.9 Å². The third kappa shape index (κ3) is 5.33. The van der Waals surface area contributed by atoms with E-state index in [1.54, 1.807) is 0 Å². The average Bonchev–Trinajstić information content (AvgIpc) is 2.03. The Bertz CT molecular complexity index is 188. The van der Waals surface area contributed by atoms with E-state index >= 15 is 0 Å². The van der Waals surface area contributed by atoms with Crippen LogP contribution >= 0.6 is 0 Å². The largest absolute Gasteiger partial charge is 0.477 e. The normalized spacial score (nSPS) is 12.2. The Morgan fingerprint density at radius 2 is 2.08 bits per heavy atom. The lowest BCUT2D eigenvalue weighted by Gasteiger charge is -2.03. The molecule has 0 amide bonds. The van der Waals surface area contributed by atoms with Crippen molar-refractivity contribution < 1.29 is 18.7 Å². The lowest BCUT2D eigenvalue weighted by molar-refractivity contribution is -0.158. The zero-order valence-electron chi connectivity index (χ0n) is 7.59. The molecule has 13 heavy (non-hydrogen) atoms. The van der Waals surface area contributed by atoms with Crippen molar-refractivity contribution in [2.75, 3.05) is 0 Å². The summed E-state index contributed by atoms with van der Waals surface area (Å²) < 4.78 is 24.7. The Morgan fingerprint density at radius 1 is 1.46 bits per heavy atom. The van der Waals surface area contributed by atoms with Gasteiger partial charge in [-0.15, -0.1) is 0 Å². The number of halogens is 2. The molecule has 1 N–H and O–H groups in total. The van der Waals surface area contributed by atoms with Crippen LogP contribution in [0.25, 0.3) is 0 Å². The van der Waals surface area contributed by atoms with Crippen molar-refractivity contribution in [1.82, 2.24) is 0 Å². The Morgan fingerprint density at radius 3 is 2.54 bits per heavy atom. The SMILES string of the molecule is CCCCC/C=C/C(F)(F)C(=O)O. The number of hydrogen-bond donors (Lipinski definition) is 1. The third-order valence-electron chi connectivity index (χ3n) is 1.59. The molecule has 0 rings (SSSR count). The molecule has 0 aliphatic rings. The van der Waals surface area contributed by atoms with Crippen LogP contribution in [0.15, 0.2) is 12.2 Å². The highest BCUT2D eigenvalue weighted by atomic mass is 19.3. The molecule has 0 aromatic heterocycles. The van der Waals surface area contributed by atoms with Gasteiger partial charge in [-0.2, -0.15) is 8.78 Å². The van der Waals surface area contributed by atoms with E-state index in [0.29, 0.717) is 12.5 Å². The van der Waals surface area contributed by atoms with Crippen molar-refractivity contribution in [3.05, 3.63) is 12.2 Å². The molecule has 0 radical (unpaired) electrons. The summed E-state index contributed by atoms with van der Waals surface area (Å²) >= 11 is 0. The summed E-state index contributed by atoms with van der Waals surface area (Å²) in [5.41, 5.74) is 0. The number of alkyl halides is 2. The molecule has 0 aliphatic heterocycles. The number of rotatable bonds is 6. The first-order valence-corrected chi connectivity index (χ1v) is 4.29. The summed E-state index contributed by atoms with van der Waals surface area (Å²) in [6, 6.07) is 0. The van der Waals surface area contributed by atoms with E-state index in [2.05, 4.69) is 0 Å². The quantitative estimate of drug-likeness (QED) is 0.519. The van der Waals surface area contributed by atoms with Crippen molar-refractivity contribution in [3.63, 3.8) is 0 Å². The van der Waals surface area contributed by atoms with Crippen molar-refractivity contribution in [2.24, 2.45) is 0 Å². The van der Waals surface area contributed by atoms with E-state index in [0.717, 1.165) is 19.3 Å². The van der Waals surface area contributed by atoms with E-state index < -0.39 is 11.9 Å². The maximum Gasteiger partial charge on any atom is 0.378 e. The van der Waals surface area contributed by atoms with Crippen molar-refractivity contribution in [2.45, 2.75) is 38.5 Å². The van der Waals surface area contributed by atoms with E-state index in [9.17, 15) is 13.6 Å². The van der Waals surface area contributed by atoms with Crippen LogP contribution in [0.4, 0.5) is 8.78 Å². The predicted molar refractivity (Wildman–Crippen MR) is 45.9 cm³/mol. The van der Waals surface area contributed by atoms with Crippen LogP contribution in [0.3, 0.4) is 0 Å². The van der Waals surface area contributed by atoms with E-state index in [1.807, 2.05) is 6.92 Å². The van der Waals surface area contributed by atoms with E-state index in [-0.39, 0.29) is 0 Å². The second-order valence-electron chi connectivity index (χ2n) is 2.83. The summed E-state index contributed by atoms with van der Waals surface area (Å²) in [4.78, 5) is 9.94. The van der Waals surface area contributed by atoms with Crippen LogP contribution in [0, 0.1) is 0 Å². The van der Waals surface area contributed by atoms with Gasteiger partial charge in [-0.1, -0.05) is 25.8 Å². The molecule has 4 heteroatoms. The Kier molecular flexibility index (Phi) is 5.26. The van der Waals surface area contributed by atoms with Crippen LogP contribution in [0.2, 0.25) is 0 Å². The number of carbonyl (C=O) groups is 1. The van der Waals surface area contributed by atoms with Crippen molar-refractivity contribution in [1.29, 1.82) is 0 Å². The lowest BCUT2D eigenvalue weighted by Crippen LogP contribution is -2.24. The number of carboxylic acid groups (broad SMARTS) is 1. The molecule has 0 saturated heterocycles. The summed E-state index contributed by atoms with van der Waals surface area (Å²) in [6.45, 7) is 2.01. The summed E-state index contributed by atoms with van der Waals surface area (Å²) in [7, 11) is 0. The van der Waals surface area contributed by atoms with Crippen molar-refractivity contribution >= 4 is 5.97 Å². The van der Waals surface area contributed by atoms with Gasteiger partial charge in [0.2, 0.25) is 0 Å². The fraction of sp³-hybridized carbons (Fsp3) is 0.667. The minimum atomic E-state index is -3.72. The van der Waals surface area contributed by atoms with Crippen LogP contribution in [-0.2, 0) is 4.79 Å². The number of unbranched alkanes of at least 4 members (excludes halogenated alkanes) is 3. The Hall–Kier alpha value is -0.930. The first-order chi connectivity index (χ1) is 6.00. The van der Waals surface area contributed by atoms with Gasteiger partial charge >= 0.3 is 11.9 Å². The lowest BCUT2D eigenvalue weighted by atomic mass is 10.2. The van der Waals surface area contributed by atoms with Gasteiger partial charge < -0.3 is 5.11 Å². The zero-order chi connectivity index (χ0) is 10.3. The first kappa shape index (κ1) is 12.1. The Balaban J connectivity index is 3.76. The van der Waals surface area contributed by atoms with Crippen molar-refractivity contribution in [3.8, 4) is 0 Å². The van der Waals surface area contributed by atoms with Gasteiger partial charge in [0.15, 0.2) is 0 Å². The molecule has 0 aliphatic carbocycles. The van der Waals surface area contributed by atoms with E-state index in [4.69, 9.17) is 5.11 Å². The number of hydrogen-bond acceptors (Lipinski definition) is 1. The van der Waals surface area contributed by atoms with Gasteiger partial charge in [0.05, 0.1) is 0 Å². The fourth-order valence-corrected chi connectivity index (χ4v) is 0.815. The second-order valence-corrected chi connectivity index (χ2v) is 2.83. The van der Waals surface area contributed by atoms with Gasteiger partial charge in [-0.3, -0.25) is 0 Å². The molecule has 0 spiro atoms. The number of aliphatic carboxylic acids is 1. The molecule has 0 aromatic carbocycles. The summed E-state index contributed by atoms with van der Waals surface area (Å²) in [5.74, 6) is -5.81. The Labute approximate surface area is 76.3 Å². The molecule has 0 bridgehead atoms. The molecule has 0 fully saturated rings. The number of carboxylic acids is 1. The molecule has 2 nitrogen and oxygen atoms in total. The van der Waals surface area contributed by atoms with Gasteiger partial charge in [0, 0.05) is 0 Å². The van der Waals surface area contributed by atoms with Crippen LogP contribution in [-0.4, -0.2) is 17.0 Å². The molecular weight excluding hydrogens is 178 g/mol. The maximum absolute atomic E-state index is 12.4. The average molecular weight is 192 g/mol. The van der Waals surface area contributed by atoms with Crippen LogP contribution in [0.1, 0.15) is 32.6 Å². The molecule has 0 heterocycles. The van der Waals surface area contributed by atoms with Gasteiger partial charge in [0.1, 0.15) is 0 Å². The topological polar surface area (TPSA) is 37.3 Å². The molecule has 0 saturated carbocycles. The van der Waals surface area contributed by atoms with E-state index in [1.165, 1.54) is 6.08 Å². The minimum Gasteiger partial charge on any atom is -0.477 e. The smallest absolute Gasteiger partial charge is 0.378 e. The minimum absolute atomic E-state index is 0.449. The highest BCUT2D eigenvalue weighted by Crippen LogP contribution is 2.15. The fourth-order valence-electron chi connectivity index (χ4n) is 0.815. The van der Waals surface area contributed by atoms with Crippen LogP contribution < -0.4 is 0 Å². The van der Waals surface area contributed by atoms with Gasteiger partial charge in [-0.25, -0.2) is 4.79 Å². The predicted octanol–water partition coefficient (Wildman–Crippen LogP) is 2.84. The molecule has 76 valence electrons. The van der Waals surface area contributed by atoms with Gasteiger partial charge in [0.25, 0.3) is 0 Å². The second kappa shape index (κ2) is 5.67. The number of allylic oxidation sites excluding steroid dienone is 1. The monoisotopic (exact) mass is 192 g/mol. The summed E-state index contributed by atoms with van der Waals surface area (Å²) in [5, 5.41) is 8.04. The first-order valence-electron chi connectivity index (χ1n) is 4.29. The molecule has 0 atom stereocenters. The zero-order valence-corrected chi connectivity index (χ0v) is 7.59.